The Balaban J connectivity index is 1.54. The molecule has 0 radical (unpaired) electrons. The Morgan fingerprint density at radius 3 is 2.48 bits per heavy atom. The van der Waals surface area contributed by atoms with Gasteiger partial charge in [0, 0.05) is 15.7 Å². The largest absolute Gasteiger partial charge is 0.478 e. The molecule has 0 bridgehead atoms. The maximum Gasteiger partial charge on any atom is 0.267 e. The number of amides is 1. The number of oxazole rings is 1. The fraction of sp³-hybridized carbons (Fsp3) is 0.200. The van der Waals surface area contributed by atoms with Crippen LogP contribution in [-0.4, -0.2) is 16.5 Å². The number of hydrogen-bond acceptors (Lipinski definition) is 4. The highest BCUT2D eigenvalue weighted by Crippen LogP contribution is 2.29. The van der Waals surface area contributed by atoms with Crippen LogP contribution in [0.5, 0.6) is 5.75 Å². The minimum absolute atomic E-state index is 0.257. The average Bonchev–Trinajstić information content (AvgIpc) is 3.12. The molecule has 5 nitrogen and oxygen atoms in total. The van der Waals surface area contributed by atoms with Crippen molar-refractivity contribution < 1.29 is 13.9 Å². The molecule has 1 amide bonds. The summed E-state index contributed by atoms with van der Waals surface area (Å²) < 4.78 is 12.8. The van der Waals surface area contributed by atoms with Gasteiger partial charge in [0.25, 0.3) is 5.91 Å². The number of aromatic nitrogens is 1. The van der Waals surface area contributed by atoms with E-state index in [4.69, 9.17) is 9.15 Å². The van der Waals surface area contributed by atoms with Crippen molar-refractivity contribution in [2.45, 2.75) is 33.3 Å². The zero-order chi connectivity index (χ0) is 22.2. The van der Waals surface area contributed by atoms with Crippen molar-refractivity contribution in [1.82, 2.24) is 4.98 Å². The van der Waals surface area contributed by atoms with Crippen molar-refractivity contribution in [3.8, 4) is 17.2 Å². The van der Waals surface area contributed by atoms with Crippen LogP contribution in [0.1, 0.15) is 25.0 Å². The van der Waals surface area contributed by atoms with Crippen molar-refractivity contribution in [3.63, 3.8) is 0 Å². The molecule has 0 atom stereocenters. The second kappa shape index (κ2) is 8.19. The second-order valence-corrected chi connectivity index (χ2v) is 8.96. The van der Waals surface area contributed by atoms with E-state index in [9.17, 15) is 4.79 Å². The van der Waals surface area contributed by atoms with Gasteiger partial charge in [0.1, 0.15) is 11.3 Å². The second-order valence-electron chi connectivity index (χ2n) is 8.04. The topological polar surface area (TPSA) is 64.4 Å². The molecule has 0 fully saturated rings. The normalized spacial score (nSPS) is 11.5. The number of ether oxygens (including phenoxy) is 1. The summed E-state index contributed by atoms with van der Waals surface area (Å²) in [5, 5.41) is 2.92. The van der Waals surface area contributed by atoms with E-state index in [1.807, 2.05) is 49.4 Å². The number of carbonyl (C=O) groups is 1. The number of fused-ring (bicyclic) bond motifs is 1. The van der Waals surface area contributed by atoms with Crippen molar-refractivity contribution in [2.24, 2.45) is 0 Å². The van der Waals surface area contributed by atoms with Crippen molar-refractivity contribution >= 4 is 38.6 Å². The Morgan fingerprint density at radius 1 is 1.03 bits per heavy atom. The summed E-state index contributed by atoms with van der Waals surface area (Å²) in [5.41, 5.74) is 4.17. The van der Waals surface area contributed by atoms with E-state index in [1.54, 1.807) is 26.0 Å². The number of hydrogen-bond donors (Lipinski definition) is 1. The molecular weight excluding hydrogens is 456 g/mol. The molecule has 3 aromatic carbocycles. The van der Waals surface area contributed by atoms with E-state index in [2.05, 4.69) is 39.2 Å². The standard InChI is InChI=1S/C25H23BrN2O3/c1-15-5-11-20(16(2)13-15)23-28-21-14-18(8-12-22(21)30-23)27-24(29)25(3,4)31-19-9-6-17(26)7-10-19/h5-14H,1-4H3,(H,27,29). The van der Waals surface area contributed by atoms with Gasteiger partial charge in [-0.1, -0.05) is 33.6 Å². The summed E-state index contributed by atoms with van der Waals surface area (Å²) in [7, 11) is 0. The molecule has 1 aromatic heterocycles. The summed E-state index contributed by atoms with van der Waals surface area (Å²) in [6.07, 6.45) is 0. The number of benzene rings is 3. The van der Waals surface area contributed by atoms with Gasteiger partial charge in [-0.05, 0) is 81.8 Å². The van der Waals surface area contributed by atoms with E-state index in [1.165, 1.54) is 5.56 Å². The zero-order valence-electron chi connectivity index (χ0n) is 17.8. The monoisotopic (exact) mass is 478 g/mol. The highest BCUT2D eigenvalue weighted by Gasteiger charge is 2.30. The van der Waals surface area contributed by atoms with Crippen LogP contribution in [0.3, 0.4) is 0 Å². The minimum Gasteiger partial charge on any atom is -0.478 e. The lowest BCUT2D eigenvalue weighted by molar-refractivity contribution is -0.128. The van der Waals surface area contributed by atoms with E-state index in [0.717, 1.165) is 15.6 Å². The zero-order valence-corrected chi connectivity index (χ0v) is 19.4. The van der Waals surface area contributed by atoms with Gasteiger partial charge in [-0.15, -0.1) is 0 Å². The summed E-state index contributed by atoms with van der Waals surface area (Å²) in [6.45, 7) is 7.56. The number of aryl methyl sites for hydroxylation is 2. The Morgan fingerprint density at radius 2 is 1.77 bits per heavy atom. The molecule has 1 N–H and O–H groups in total. The van der Waals surface area contributed by atoms with Crippen LogP contribution in [0.15, 0.2) is 69.6 Å². The third kappa shape index (κ3) is 4.64. The van der Waals surface area contributed by atoms with Crippen molar-refractivity contribution in [1.29, 1.82) is 0 Å². The molecule has 0 aliphatic carbocycles. The van der Waals surface area contributed by atoms with E-state index in [0.29, 0.717) is 28.4 Å². The van der Waals surface area contributed by atoms with Gasteiger partial charge >= 0.3 is 0 Å². The number of nitrogens with zero attached hydrogens (tertiary/aromatic N) is 1. The molecule has 4 aromatic rings. The number of nitrogens with one attached hydrogen (secondary N) is 1. The van der Waals surface area contributed by atoms with Gasteiger partial charge < -0.3 is 14.5 Å². The van der Waals surface area contributed by atoms with Crippen LogP contribution in [0.2, 0.25) is 0 Å². The van der Waals surface area contributed by atoms with Gasteiger partial charge in [0.15, 0.2) is 11.2 Å². The van der Waals surface area contributed by atoms with Crippen LogP contribution in [0.25, 0.3) is 22.6 Å². The molecule has 158 valence electrons. The molecule has 0 saturated carbocycles. The maximum atomic E-state index is 12.9. The van der Waals surface area contributed by atoms with Crippen molar-refractivity contribution in [2.75, 3.05) is 5.32 Å². The Hall–Kier alpha value is -3.12. The quantitative estimate of drug-likeness (QED) is 0.347. The number of anilines is 1. The molecule has 1 heterocycles. The molecule has 4 rings (SSSR count). The molecule has 0 unspecified atom stereocenters. The van der Waals surface area contributed by atoms with Crippen molar-refractivity contribution in [3.05, 3.63) is 76.3 Å². The van der Waals surface area contributed by atoms with E-state index < -0.39 is 5.60 Å². The lowest BCUT2D eigenvalue weighted by atomic mass is 10.1. The number of carbonyl (C=O) groups excluding carboxylic acids is 1. The summed E-state index contributed by atoms with van der Waals surface area (Å²) in [5.74, 6) is 0.927. The van der Waals surface area contributed by atoms with Crippen LogP contribution < -0.4 is 10.1 Å². The third-order valence-electron chi connectivity index (χ3n) is 4.99. The van der Waals surface area contributed by atoms with Gasteiger partial charge in [0.2, 0.25) is 5.89 Å². The summed E-state index contributed by atoms with van der Waals surface area (Å²) in [4.78, 5) is 17.5. The summed E-state index contributed by atoms with van der Waals surface area (Å²) >= 11 is 3.39. The number of rotatable bonds is 5. The Bertz CT molecular complexity index is 1260. The Labute approximate surface area is 189 Å². The van der Waals surface area contributed by atoms with E-state index in [-0.39, 0.29) is 5.91 Å². The first-order valence-corrected chi connectivity index (χ1v) is 10.7. The molecular formula is C25H23BrN2O3. The van der Waals surface area contributed by atoms with Crippen LogP contribution >= 0.6 is 15.9 Å². The van der Waals surface area contributed by atoms with Crippen LogP contribution in [-0.2, 0) is 4.79 Å². The minimum atomic E-state index is -1.06. The van der Waals surface area contributed by atoms with Gasteiger partial charge in [0.05, 0.1) is 0 Å². The summed E-state index contributed by atoms with van der Waals surface area (Å²) in [6, 6.07) is 18.9. The molecule has 0 spiro atoms. The molecule has 0 aliphatic rings. The fourth-order valence-electron chi connectivity index (χ4n) is 3.30. The first-order chi connectivity index (χ1) is 14.7. The predicted molar refractivity (Wildman–Crippen MR) is 126 cm³/mol. The lowest BCUT2D eigenvalue weighted by Gasteiger charge is -2.25. The van der Waals surface area contributed by atoms with Gasteiger partial charge in [-0.3, -0.25) is 4.79 Å². The molecule has 0 aliphatic heterocycles. The van der Waals surface area contributed by atoms with Crippen LogP contribution in [0, 0.1) is 13.8 Å². The van der Waals surface area contributed by atoms with E-state index >= 15 is 0 Å². The smallest absolute Gasteiger partial charge is 0.267 e. The molecule has 0 saturated heterocycles. The van der Waals surface area contributed by atoms with Gasteiger partial charge in [-0.2, -0.15) is 0 Å². The number of halogens is 1. The van der Waals surface area contributed by atoms with Crippen LogP contribution in [0.4, 0.5) is 5.69 Å². The maximum absolute atomic E-state index is 12.9. The fourth-order valence-corrected chi connectivity index (χ4v) is 3.56. The highest BCUT2D eigenvalue weighted by molar-refractivity contribution is 9.10. The average molecular weight is 479 g/mol. The van der Waals surface area contributed by atoms with Gasteiger partial charge in [-0.25, -0.2) is 4.98 Å². The molecule has 6 heteroatoms. The Kier molecular flexibility index (Phi) is 5.58. The first kappa shape index (κ1) is 21.1. The molecule has 31 heavy (non-hydrogen) atoms. The first-order valence-electron chi connectivity index (χ1n) is 9.95. The highest BCUT2D eigenvalue weighted by atomic mass is 79.9. The third-order valence-corrected chi connectivity index (χ3v) is 5.52. The lowest BCUT2D eigenvalue weighted by Crippen LogP contribution is -2.42. The predicted octanol–water partition coefficient (Wildman–Crippen LogP) is 6.67. The SMILES string of the molecule is Cc1ccc(-c2nc3cc(NC(=O)C(C)(C)Oc4ccc(Br)cc4)ccc3o2)c(C)c1.